The number of benzene rings is 1. The molecule has 0 spiro atoms. The first-order chi connectivity index (χ1) is 13.9. The zero-order valence-corrected chi connectivity index (χ0v) is 16.2. The second-order valence-electron chi connectivity index (χ2n) is 7.00. The third-order valence-corrected chi connectivity index (χ3v) is 4.33. The van der Waals surface area contributed by atoms with Crippen LogP contribution >= 0.6 is 0 Å². The van der Waals surface area contributed by atoms with E-state index in [0.717, 1.165) is 11.1 Å². The molecule has 2 N–H and O–H groups in total. The highest BCUT2D eigenvalue weighted by molar-refractivity contribution is 5.89. The van der Waals surface area contributed by atoms with Gasteiger partial charge in [0.2, 0.25) is 5.91 Å². The van der Waals surface area contributed by atoms with Crippen molar-refractivity contribution < 1.29 is 4.79 Å². The first-order valence-electron chi connectivity index (χ1n) is 9.14. The van der Waals surface area contributed by atoms with E-state index in [4.69, 9.17) is 0 Å². The van der Waals surface area contributed by atoms with Crippen molar-refractivity contribution in [1.82, 2.24) is 34.7 Å². The van der Waals surface area contributed by atoms with E-state index in [1.54, 1.807) is 31.5 Å². The number of carbonyl (C=O) groups is 1. The molecule has 1 amide bonds. The van der Waals surface area contributed by atoms with Crippen LogP contribution in [0.25, 0.3) is 22.0 Å². The molecule has 0 unspecified atom stereocenters. The van der Waals surface area contributed by atoms with Gasteiger partial charge in [0.25, 0.3) is 5.56 Å². The highest BCUT2D eigenvalue weighted by Crippen LogP contribution is 2.21. The van der Waals surface area contributed by atoms with Crippen molar-refractivity contribution in [1.29, 1.82) is 0 Å². The van der Waals surface area contributed by atoms with Gasteiger partial charge in [-0.15, -0.1) is 5.10 Å². The van der Waals surface area contributed by atoms with Crippen LogP contribution in [0.15, 0.2) is 41.6 Å². The van der Waals surface area contributed by atoms with Gasteiger partial charge in [-0.05, 0) is 38.5 Å². The van der Waals surface area contributed by atoms with Crippen molar-refractivity contribution >= 4 is 22.6 Å². The van der Waals surface area contributed by atoms with Crippen molar-refractivity contribution in [3.05, 3.63) is 53.0 Å². The van der Waals surface area contributed by atoms with E-state index >= 15 is 0 Å². The van der Waals surface area contributed by atoms with E-state index in [1.165, 1.54) is 15.7 Å². The molecule has 4 rings (SSSR count). The Morgan fingerprint density at radius 1 is 1.21 bits per heavy atom. The number of hydrogen-bond donors (Lipinski definition) is 2. The molecule has 10 nitrogen and oxygen atoms in total. The minimum atomic E-state index is -0.259. The van der Waals surface area contributed by atoms with Crippen LogP contribution in [0.4, 0.5) is 5.82 Å². The predicted octanol–water partition coefficient (Wildman–Crippen LogP) is 1.91. The monoisotopic (exact) mass is 392 g/mol. The predicted molar refractivity (Wildman–Crippen MR) is 107 cm³/mol. The zero-order valence-electron chi connectivity index (χ0n) is 16.2. The number of hydrogen-bond acceptors (Lipinski definition) is 6. The van der Waals surface area contributed by atoms with Gasteiger partial charge < -0.3 is 10.3 Å². The Labute approximate surface area is 165 Å². The summed E-state index contributed by atoms with van der Waals surface area (Å²) in [5.74, 6) is 0.709. The van der Waals surface area contributed by atoms with E-state index in [2.05, 4.69) is 30.6 Å². The summed E-state index contributed by atoms with van der Waals surface area (Å²) in [6.07, 6.45) is 4.91. The maximum absolute atomic E-state index is 12.3. The number of fused-ring (bicyclic) bond motifs is 1. The molecule has 10 heteroatoms. The highest BCUT2D eigenvalue weighted by atomic mass is 16.2. The van der Waals surface area contributed by atoms with Gasteiger partial charge in [0.15, 0.2) is 5.82 Å². The number of aromatic nitrogens is 7. The van der Waals surface area contributed by atoms with Gasteiger partial charge in [-0.25, -0.2) is 4.98 Å². The summed E-state index contributed by atoms with van der Waals surface area (Å²) in [6, 6.07) is 5.56. The summed E-state index contributed by atoms with van der Waals surface area (Å²) in [5, 5.41) is 15.7. The van der Waals surface area contributed by atoms with Gasteiger partial charge in [0, 0.05) is 11.8 Å². The lowest BCUT2D eigenvalue weighted by molar-refractivity contribution is -0.116. The number of aryl methyl sites for hydroxylation is 1. The molecule has 148 valence electrons. The number of amides is 1. The van der Waals surface area contributed by atoms with Gasteiger partial charge in [0.05, 0.1) is 29.3 Å². The molecular formula is C19H20N8O2. The van der Waals surface area contributed by atoms with Gasteiger partial charge in [0.1, 0.15) is 12.4 Å². The van der Waals surface area contributed by atoms with Crippen molar-refractivity contribution in [3.63, 3.8) is 0 Å². The molecular weight excluding hydrogens is 372 g/mol. The standard InChI is InChI=1S/C19H20N8O2/c1-11(2)27-21-8-17(25-27)24-18(28)10-26-9-14(7-20-26)13-4-5-16-15(6-13)19(29)23-12(3)22-16/h4-9,11H,10H2,1-3H3,(H,22,23,29)(H,24,25,28). The molecule has 0 aliphatic rings. The number of nitrogens with one attached hydrogen (secondary N) is 2. The molecule has 0 aliphatic heterocycles. The number of aromatic amines is 1. The SMILES string of the molecule is Cc1nc2ccc(-c3cnn(CC(=O)Nc4cnn(C(C)C)n4)c3)cc2c(=O)[nH]1. The lowest BCUT2D eigenvalue weighted by atomic mass is 10.1. The average Bonchev–Trinajstić information content (AvgIpc) is 3.31. The number of anilines is 1. The normalized spacial score (nSPS) is 11.3. The fraction of sp³-hybridized carbons (Fsp3) is 0.263. The summed E-state index contributed by atoms with van der Waals surface area (Å²) < 4.78 is 1.53. The molecule has 0 atom stereocenters. The lowest BCUT2D eigenvalue weighted by Gasteiger charge is -2.03. The first kappa shape index (κ1) is 18.5. The van der Waals surface area contributed by atoms with Crippen LogP contribution in [0.1, 0.15) is 25.7 Å². The summed E-state index contributed by atoms with van der Waals surface area (Å²) in [6.45, 7) is 5.68. The Morgan fingerprint density at radius 2 is 2.03 bits per heavy atom. The molecule has 0 aliphatic carbocycles. The first-order valence-corrected chi connectivity index (χ1v) is 9.14. The minimum absolute atomic E-state index is 0.0312. The number of carbonyl (C=O) groups excluding carboxylic acids is 1. The number of H-pyrrole nitrogens is 1. The van der Waals surface area contributed by atoms with Crippen LogP contribution in [0.2, 0.25) is 0 Å². The summed E-state index contributed by atoms with van der Waals surface area (Å²) in [4.78, 5) is 33.0. The fourth-order valence-corrected chi connectivity index (χ4v) is 2.95. The highest BCUT2D eigenvalue weighted by Gasteiger charge is 2.11. The lowest BCUT2D eigenvalue weighted by Crippen LogP contribution is -2.19. The maximum Gasteiger partial charge on any atom is 0.258 e. The molecule has 1 aromatic carbocycles. The second kappa shape index (κ2) is 7.30. The van der Waals surface area contributed by atoms with Gasteiger partial charge in [-0.3, -0.25) is 14.3 Å². The average molecular weight is 392 g/mol. The molecule has 0 fully saturated rings. The number of nitrogens with zero attached hydrogens (tertiary/aromatic N) is 6. The van der Waals surface area contributed by atoms with Crippen molar-refractivity contribution in [2.24, 2.45) is 0 Å². The molecule has 3 aromatic heterocycles. The van der Waals surface area contributed by atoms with Crippen LogP contribution in [0.3, 0.4) is 0 Å². The fourth-order valence-electron chi connectivity index (χ4n) is 2.95. The Balaban J connectivity index is 1.50. The van der Waals surface area contributed by atoms with E-state index in [1.807, 2.05) is 19.9 Å². The Hall–Kier alpha value is -3.82. The van der Waals surface area contributed by atoms with E-state index in [9.17, 15) is 9.59 Å². The Bertz CT molecular complexity index is 1250. The van der Waals surface area contributed by atoms with Gasteiger partial charge in [-0.1, -0.05) is 6.07 Å². The van der Waals surface area contributed by atoms with Gasteiger partial charge in [-0.2, -0.15) is 15.0 Å². The minimum Gasteiger partial charge on any atom is -0.310 e. The number of rotatable bonds is 5. The van der Waals surface area contributed by atoms with E-state index in [0.29, 0.717) is 22.5 Å². The molecule has 29 heavy (non-hydrogen) atoms. The second-order valence-corrected chi connectivity index (χ2v) is 7.00. The van der Waals surface area contributed by atoms with Crippen molar-refractivity contribution in [3.8, 4) is 11.1 Å². The molecule has 3 heterocycles. The van der Waals surface area contributed by atoms with Gasteiger partial charge >= 0.3 is 0 Å². The Kier molecular flexibility index (Phi) is 4.67. The van der Waals surface area contributed by atoms with E-state index in [-0.39, 0.29) is 24.1 Å². The van der Waals surface area contributed by atoms with Crippen molar-refractivity contribution in [2.75, 3.05) is 5.32 Å². The smallest absolute Gasteiger partial charge is 0.258 e. The Morgan fingerprint density at radius 3 is 2.79 bits per heavy atom. The summed E-state index contributed by atoms with van der Waals surface area (Å²) in [5.41, 5.74) is 2.07. The van der Waals surface area contributed by atoms with Crippen LogP contribution in [-0.2, 0) is 11.3 Å². The third-order valence-electron chi connectivity index (χ3n) is 4.33. The largest absolute Gasteiger partial charge is 0.310 e. The maximum atomic E-state index is 12.3. The molecule has 0 bridgehead atoms. The molecule has 0 saturated carbocycles. The van der Waals surface area contributed by atoms with Crippen LogP contribution in [0, 0.1) is 6.92 Å². The molecule has 0 saturated heterocycles. The molecule has 0 radical (unpaired) electrons. The van der Waals surface area contributed by atoms with Crippen LogP contribution < -0.4 is 10.9 Å². The van der Waals surface area contributed by atoms with E-state index < -0.39 is 0 Å². The quantitative estimate of drug-likeness (QED) is 0.535. The third kappa shape index (κ3) is 3.91. The summed E-state index contributed by atoms with van der Waals surface area (Å²) in [7, 11) is 0. The summed E-state index contributed by atoms with van der Waals surface area (Å²) >= 11 is 0. The zero-order chi connectivity index (χ0) is 20.5. The molecule has 4 aromatic rings. The topological polar surface area (TPSA) is 123 Å². The van der Waals surface area contributed by atoms with Crippen molar-refractivity contribution in [2.45, 2.75) is 33.4 Å². The van der Waals surface area contributed by atoms with Crippen LogP contribution in [0.5, 0.6) is 0 Å². The van der Waals surface area contributed by atoms with Crippen LogP contribution in [-0.4, -0.2) is 40.6 Å².